The summed E-state index contributed by atoms with van der Waals surface area (Å²) in [6.45, 7) is 0.244. The van der Waals surface area contributed by atoms with E-state index in [0.29, 0.717) is 10.3 Å². The van der Waals surface area contributed by atoms with Gasteiger partial charge in [0.1, 0.15) is 18.0 Å². The van der Waals surface area contributed by atoms with Crippen molar-refractivity contribution in [1.82, 2.24) is 20.1 Å². The predicted molar refractivity (Wildman–Crippen MR) is 66.3 cm³/mol. The van der Waals surface area contributed by atoms with E-state index in [1.807, 2.05) is 0 Å². The topological polar surface area (TPSA) is 61.9 Å². The molecule has 1 aromatic heterocycles. The molecule has 0 aliphatic heterocycles. The molecule has 0 fully saturated rings. The molecule has 0 bridgehead atoms. The molecule has 0 spiro atoms. The van der Waals surface area contributed by atoms with Crippen LogP contribution in [0.5, 0.6) is 0 Å². The minimum Gasteiger partial charge on any atom is -0.334 e. The number of carbonyl (C=O) groups is 1. The van der Waals surface area contributed by atoms with Gasteiger partial charge in [0.15, 0.2) is 0 Å². The molecule has 0 radical (unpaired) electrons. The maximum absolute atomic E-state index is 13.6. The van der Waals surface area contributed by atoms with Gasteiger partial charge in [-0.15, -0.1) is 0 Å². The quantitative estimate of drug-likeness (QED) is 0.942. The average Bonchev–Trinajstić information content (AvgIpc) is 2.81. The van der Waals surface area contributed by atoms with E-state index in [4.69, 9.17) is 0 Å². The third-order valence-corrected chi connectivity index (χ3v) is 2.85. The maximum atomic E-state index is 13.6. The molecule has 18 heavy (non-hydrogen) atoms. The molecule has 1 heterocycles. The highest BCUT2D eigenvalue weighted by molar-refractivity contribution is 9.10. The largest absolute Gasteiger partial charge is 0.334 e. The van der Waals surface area contributed by atoms with Crippen LogP contribution in [-0.4, -0.2) is 33.0 Å². The first kappa shape index (κ1) is 12.7. The molecule has 0 aliphatic carbocycles. The number of nitrogens with one attached hydrogen (secondary N) is 1. The molecule has 2 rings (SSSR count). The fraction of sp³-hybridized carbons (Fsp3) is 0.182. The number of hydrogen-bond acceptors (Lipinski definition) is 3. The van der Waals surface area contributed by atoms with Gasteiger partial charge in [-0.25, -0.2) is 9.37 Å². The lowest BCUT2D eigenvalue weighted by molar-refractivity contribution is 0.0777. The highest BCUT2D eigenvalue weighted by Gasteiger charge is 2.17. The van der Waals surface area contributed by atoms with E-state index in [0.717, 1.165) is 0 Å². The lowest BCUT2D eigenvalue weighted by Crippen LogP contribution is -2.27. The Kier molecular flexibility index (Phi) is 3.71. The molecule has 0 atom stereocenters. The number of halogens is 2. The summed E-state index contributed by atoms with van der Waals surface area (Å²) in [6.07, 6.45) is 1.36. The summed E-state index contributed by atoms with van der Waals surface area (Å²) in [4.78, 5) is 17.3. The van der Waals surface area contributed by atoms with Gasteiger partial charge < -0.3 is 4.90 Å². The summed E-state index contributed by atoms with van der Waals surface area (Å²) in [5.74, 6) is -0.418. The maximum Gasteiger partial charge on any atom is 0.256 e. The van der Waals surface area contributed by atoms with Gasteiger partial charge in [0, 0.05) is 11.5 Å². The molecule has 7 heteroatoms. The van der Waals surface area contributed by atoms with E-state index < -0.39 is 11.7 Å². The number of benzene rings is 1. The standard InChI is InChI=1S/C11H10BrFN4O/c1-17(5-10-14-6-15-16-10)11(18)8-3-2-7(12)4-9(8)13/h2-4,6H,5H2,1H3,(H,14,15,16). The highest BCUT2D eigenvalue weighted by Crippen LogP contribution is 2.16. The first-order valence-electron chi connectivity index (χ1n) is 5.12. The van der Waals surface area contributed by atoms with E-state index in [9.17, 15) is 9.18 Å². The molecular formula is C11H10BrFN4O. The Balaban J connectivity index is 2.15. The average molecular weight is 313 g/mol. The van der Waals surface area contributed by atoms with Gasteiger partial charge in [-0.1, -0.05) is 15.9 Å². The van der Waals surface area contributed by atoms with Gasteiger partial charge in [-0.05, 0) is 18.2 Å². The number of hydrogen-bond donors (Lipinski definition) is 1. The summed E-state index contributed by atoms with van der Waals surface area (Å²) in [7, 11) is 1.58. The number of H-pyrrole nitrogens is 1. The van der Waals surface area contributed by atoms with Crippen molar-refractivity contribution in [3.63, 3.8) is 0 Å². The molecular weight excluding hydrogens is 303 g/mol. The third-order valence-electron chi connectivity index (χ3n) is 2.36. The molecule has 0 unspecified atom stereocenters. The second-order valence-corrected chi connectivity index (χ2v) is 4.63. The monoisotopic (exact) mass is 312 g/mol. The second kappa shape index (κ2) is 5.26. The molecule has 2 aromatic rings. The first-order valence-corrected chi connectivity index (χ1v) is 5.92. The van der Waals surface area contributed by atoms with Crippen LogP contribution in [0.25, 0.3) is 0 Å². The zero-order valence-corrected chi connectivity index (χ0v) is 11.1. The van der Waals surface area contributed by atoms with Crippen LogP contribution in [0.3, 0.4) is 0 Å². The molecule has 1 aromatic carbocycles. The molecule has 0 saturated carbocycles. The van der Waals surface area contributed by atoms with Crippen LogP contribution >= 0.6 is 15.9 Å². The molecule has 1 N–H and O–H groups in total. The van der Waals surface area contributed by atoms with E-state index in [1.54, 1.807) is 13.1 Å². The molecule has 94 valence electrons. The lowest BCUT2D eigenvalue weighted by Gasteiger charge is -2.15. The van der Waals surface area contributed by atoms with E-state index in [2.05, 4.69) is 31.1 Å². The fourth-order valence-corrected chi connectivity index (χ4v) is 1.81. The Hall–Kier alpha value is -1.76. The first-order chi connectivity index (χ1) is 8.58. The van der Waals surface area contributed by atoms with Gasteiger partial charge >= 0.3 is 0 Å². The number of nitrogens with zero attached hydrogens (tertiary/aromatic N) is 3. The predicted octanol–water partition coefficient (Wildman–Crippen LogP) is 1.98. The van der Waals surface area contributed by atoms with Crippen LogP contribution in [0.4, 0.5) is 4.39 Å². The summed E-state index contributed by atoms with van der Waals surface area (Å²) in [6, 6.07) is 4.33. The molecule has 5 nitrogen and oxygen atoms in total. The number of amides is 1. The molecule has 1 amide bonds. The van der Waals surface area contributed by atoms with Crippen molar-refractivity contribution in [2.45, 2.75) is 6.54 Å². The Bertz CT molecular complexity index is 558. The summed E-state index contributed by atoms with van der Waals surface area (Å²) in [5.41, 5.74) is 0.0280. The lowest BCUT2D eigenvalue weighted by atomic mass is 10.2. The zero-order valence-electron chi connectivity index (χ0n) is 9.52. The smallest absolute Gasteiger partial charge is 0.256 e. The highest BCUT2D eigenvalue weighted by atomic mass is 79.9. The number of aromatic nitrogens is 3. The van der Waals surface area contributed by atoms with Gasteiger partial charge in [0.2, 0.25) is 0 Å². The van der Waals surface area contributed by atoms with Crippen LogP contribution in [0.15, 0.2) is 29.0 Å². The third kappa shape index (κ3) is 2.73. The van der Waals surface area contributed by atoms with E-state index in [1.165, 1.54) is 23.4 Å². The minimum atomic E-state index is -0.557. The van der Waals surface area contributed by atoms with Gasteiger partial charge in [0.05, 0.1) is 12.1 Å². The Labute approximate surface area is 111 Å². The Morgan fingerprint density at radius 3 is 2.94 bits per heavy atom. The normalized spacial score (nSPS) is 10.4. The van der Waals surface area contributed by atoms with Gasteiger partial charge in [-0.2, -0.15) is 5.10 Å². The van der Waals surface area contributed by atoms with Crippen LogP contribution in [0.2, 0.25) is 0 Å². The van der Waals surface area contributed by atoms with Crippen molar-refractivity contribution >= 4 is 21.8 Å². The number of rotatable bonds is 3. The van der Waals surface area contributed by atoms with Crippen molar-refractivity contribution < 1.29 is 9.18 Å². The van der Waals surface area contributed by atoms with Crippen molar-refractivity contribution in [2.75, 3.05) is 7.05 Å². The van der Waals surface area contributed by atoms with Crippen molar-refractivity contribution in [2.24, 2.45) is 0 Å². The van der Waals surface area contributed by atoms with Crippen LogP contribution < -0.4 is 0 Å². The zero-order chi connectivity index (χ0) is 13.1. The van der Waals surface area contributed by atoms with Gasteiger partial charge in [0.25, 0.3) is 5.91 Å². The van der Waals surface area contributed by atoms with Crippen molar-refractivity contribution in [1.29, 1.82) is 0 Å². The molecule has 0 saturated heterocycles. The number of aromatic amines is 1. The fourth-order valence-electron chi connectivity index (χ4n) is 1.47. The summed E-state index contributed by atoms with van der Waals surface area (Å²) in [5, 5.41) is 6.32. The number of carbonyl (C=O) groups excluding carboxylic acids is 1. The van der Waals surface area contributed by atoms with Crippen LogP contribution in [0.1, 0.15) is 16.2 Å². The SMILES string of the molecule is CN(Cc1ncn[nH]1)C(=O)c1ccc(Br)cc1F. The summed E-state index contributed by atoms with van der Waals surface area (Å²) < 4.78 is 14.2. The van der Waals surface area contributed by atoms with E-state index in [-0.39, 0.29) is 12.1 Å². The van der Waals surface area contributed by atoms with Crippen LogP contribution in [-0.2, 0) is 6.54 Å². The van der Waals surface area contributed by atoms with E-state index >= 15 is 0 Å². The Morgan fingerprint density at radius 2 is 2.33 bits per heavy atom. The molecule has 0 aliphatic rings. The van der Waals surface area contributed by atoms with Gasteiger partial charge in [-0.3, -0.25) is 9.89 Å². The second-order valence-electron chi connectivity index (χ2n) is 3.72. The minimum absolute atomic E-state index is 0.0280. The van der Waals surface area contributed by atoms with Crippen LogP contribution in [0, 0.1) is 5.82 Å². The van der Waals surface area contributed by atoms with Crippen molar-refractivity contribution in [3.05, 3.63) is 46.2 Å². The van der Waals surface area contributed by atoms with Crippen molar-refractivity contribution in [3.8, 4) is 0 Å². The Morgan fingerprint density at radius 1 is 1.56 bits per heavy atom. The summed E-state index contributed by atoms with van der Waals surface area (Å²) >= 11 is 3.14.